The molecule has 0 fully saturated rings. The van der Waals surface area contributed by atoms with Crippen LogP contribution in [-0.2, 0) is 0 Å². The second kappa shape index (κ2) is 8.33. The molecular weight excluding hydrogens is 384 g/mol. The number of carbonyl (C=O) groups is 1. The fraction of sp³-hybridized carbons (Fsp3) is 0.0833. The number of rotatable bonds is 5. The normalized spacial score (nSPS) is 10.7. The van der Waals surface area contributed by atoms with Crippen LogP contribution in [0.5, 0.6) is 5.75 Å². The van der Waals surface area contributed by atoms with Gasteiger partial charge in [-0.25, -0.2) is 4.98 Å². The lowest BCUT2D eigenvalue weighted by Crippen LogP contribution is -2.13. The second-order valence-corrected chi connectivity index (χ2v) is 6.93. The van der Waals surface area contributed by atoms with Crippen molar-refractivity contribution in [2.75, 3.05) is 11.9 Å². The van der Waals surface area contributed by atoms with E-state index < -0.39 is 0 Å². The van der Waals surface area contributed by atoms with Crippen LogP contribution < -0.4 is 10.1 Å². The molecule has 1 amide bonds. The summed E-state index contributed by atoms with van der Waals surface area (Å²) in [4.78, 5) is 17.8. The minimum atomic E-state index is -0.210. The van der Waals surface area contributed by atoms with Crippen LogP contribution in [0.3, 0.4) is 0 Å². The first-order valence-corrected chi connectivity index (χ1v) is 9.72. The molecule has 1 aromatic heterocycles. The van der Waals surface area contributed by atoms with Gasteiger partial charge in [-0.15, -0.1) is 0 Å². The van der Waals surface area contributed by atoms with E-state index in [1.807, 2.05) is 61.5 Å². The van der Waals surface area contributed by atoms with Crippen molar-refractivity contribution >= 4 is 34.1 Å². The third-order valence-electron chi connectivity index (χ3n) is 4.50. The van der Waals surface area contributed by atoms with Crippen molar-refractivity contribution < 1.29 is 9.53 Å². The highest BCUT2D eigenvalue weighted by Gasteiger charge is 2.14. The minimum Gasteiger partial charge on any atom is -0.494 e. The molecule has 4 rings (SSSR count). The summed E-state index contributed by atoms with van der Waals surface area (Å²) < 4.78 is 5.51. The van der Waals surface area contributed by atoms with Gasteiger partial charge < -0.3 is 10.1 Å². The molecule has 0 bridgehead atoms. The number of anilines is 1. The molecule has 3 aromatic carbocycles. The fourth-order valence-electron chi connectivity index (χ4n) is 3.16. The Morgan fingerprint density at radius 2 is 1.79 bits per heavy atom. The Morgan fingerprint density at radius 3 is 2.55 bits per heavy atom. The SMILES string of the molecule is CCOc1ccc(-c2cc(C(=O)Nc3cccc(Cl)c3)c3ccccc3n2)cc1. The van der Waals surface area contributed by atoms with Crippen LogP contribution in [0.4, 0.5) is 5.69 Å². The molecule has 4 aromatic rings. The largest absolute Gasteiger partial charge is 0.494 e. The molecule has 0 aliphatic carbocycles. The smallest absolute Gasteiger partial charge is 0.256 e. The Balaban J connectivity index is 1.75. The highest BCUT2D eigenvalue weighted by molar-refractivity contribution is 6.31. The predicted molar refractivity (Wildman–Crippen MR) is 118 cm³/mol. The first-order chi connectivity index (χ1) is 14.1. The fourth-order valence-corrected chi connectivity index (χ4v) is 3.35. The van der Waals surface area contributed by atoms with E-state index >= 15 is 0 Å². The lowest BCUT2D eigenvalue weighted by Gasteiger charge is -2.11. The molecule has 0 saturated heterocycles. The van der Waals surface area contributed by atoms with E-state index in [1.165, 1.54) is 0 Å². The standard InChI is InChI=1S/C24H19ClN2O2/c1-2-29-19-12-10-16(11-13-19)23-15-21(20-8-3-4-9-22(20)27-23)24(28)26-18-7-5-6-17(25)14-18/h3-15H,2H2,1H3,(H,26,28). The molecule has 1 heterocycles. The van der Waals surface area contributed by atoms with Gasteiger partial charge in [-0.3, -0.25) is 4.79 Å². The maximum atomic E-state index is 13.1. The van der Waals surface area contributed by atoms with Crippen molar-refractivity contribution in [2.45, 2.75) is 6.92 Å². The number of hydrogen-bond acceptors (Lipinski definition) is 3. The summed E-state index contributed by atoms with van der Waals surface area (Å²) in [6, 6.07) is 24.2. The van der Waals surface area contributed by atoms with E-state index in [1.54, 1.807) is 24.3 Å². The molecule has 29 heavy (non-hydrogen) atoms. The van der Waals surface area contributed by atoms with Gasteiger partial charge in [0.05, 0.1) is 23.4 Å². The van der Waals surface area contributed by atoms with Crippen LogP contribution in [-0.4, -0.2) is 17.5 Å². The highest BCUT2D eigenvalue weighted by atomic mass is 35.5. The third-order valence-corrected chi connectivity index (χ3v) is 4.74. The van der Waals surface area contributed by atoms with Gasteiger partial charge in [-0.2, -0.15) is 0 Å². The van der Waals surface area contributed by atoms with Crippen molar-refractivity contribution in [3.8, 4) is 17.0 Å². The number of nitrogens with zero attached hydrogens (tertiary/aromatic N) is 1. The Labute approximate surface area is 174 Å². The number of para-hydroxylation sites is 1. The zero-order chi connectivity index (χ0) is 20.2. The van der Waals surface area contributed by atoms with Crippen molar-refractivity contribution in [1.29, 1.82) is 0 Å². The molecule has 1 N–H and O–H groups in total. The summed E-state index contributed by atoms with van der Waals surface area (Å²) >= 11 is 6.04. The number of amides is 1. The zero-order valence-electron chi connectivity index (χ0n) is 15.9. The van der Waals surface area contributed by atoms with Gasteiger partial charge in [0, 0.05) is 21.7 Å². The van der Waals surface area contributed by atoms with E-state index in [0.717, 1.165) is 27.9 Å². The summed E-state index contributed by atoms with van der Waals surface area (Å²) in [6.07, 6.45) is 0. The summed E-state index contributed by atoms with van der Waals surface area (Å²) in [6.45, 7) is 2.56. The van der Waals surface area contributed by atoms with E-state index in [2.05, 4.69) is 5.32 Å². The average Bonchev–Trinajstić information content (AvgIpc) is 2.74. The number of fused-ring (bicyclic) bond motifs is 1. The number of halogens is 1. The Hall–Kier alpha value is -3.37. The van der Waals surface area contributed by atoms with Gasteiger partial charge in [0.1, 0.15) is 5.75 Å². The van der Waals surface area contributed by atoms with Crippen molar-refractivity contribution in [3.05, 3.63) is 89.4 Å². The van der Waals surface area contributed by atoms with Gasteiger partial charge in [-0.05, 0) is 61.5 Å². The number of ether oxygens (including phenoxy) is 1. The average molecular weight is 403 g/mol. The number of aromatic nitrogens is 1. The number of pyridine rings is 1. The third kappa shape index (κ3) is 4.23. The van der Waals surface area contributed by atoms with Crippen LogP contribution in [0.2, 0.25) is 5.02 Å². The molecule has 5 heteroatoms. The van der Waals surface area contributed by atoms with Crippen LogP contribution in [0.25, 0.3) is 22.2 Å². The topological polar surface area (TPSA) is 51.2 Å². The number of carbonyl (C=O) groups excluding carboxylic acids is 1. The maximum Gasteiger partial charge on any atom is 0.256 e. The van der Waals surface area contributed by atoms with E-state index in [-0.39, 0.29) is 5.91 Å². The van der Waals surface area contributed by atoms with E-state index in [4.69, 9.17) is 21.3 Å². The molecule has 0 spiro atoms. The molecular formula is C24H19ClN2O2. The van der Waals surface area contributed by atoms with Crippen molar-refractivity contribution in [3.63, 3.8) is 0 Å². The van der Waals surface area contributed by atoms with Crippen LogP contribution in [0.15, 0.2) is 78.9 Å². The van der Waals surface area contributed by atoms with Crippen LogP contribution >= 0.6 is 11.6 Å². The van der Waals surface area contributed by atoms with Crippen molar-refractivity contribution in [1.82, 2.24) is 4.98 Å². The summed E-state index contributed by atoms with van der Waals surface area (Å²) in [5, 5.41) is 4.28. The van der Waals surface area contributed by atoms with Gasteiger partial charge in [0.25, 0.3) is 5.91 Å². The molecule has 0 unspecified atom stereocenters. The van der Waals surface area contributed by atoms with Gasteiger partial charge >= 0.3 is 0 Å². The Kier molecular flexibility index (Phi) is 5.45. The van der Waals surface area contributed by atoms with Crippen molar-refractivity contribution in [2.24, 2.45) is 0 Å². The number of hydrogen-bond donors (Lipinski definition) is 1. The van der Waals surface area contributed by atoms with Gasteiger partial charge in [0.15, 0.2) is 0 Å². The maximum absolute atomic E-state index is 13.1. The predicted octanol–water partition coefficient (Wildman–Crippen LogP) is 6.21. The summed E-state index contributed by atoms with van der Waals surface area (Å²) in [5.74, 6) is 0.592. The quantitative estimate of drug-likeness (QED) is 0.432. The number of benzene rings is 3. The summed E-state index contributed by atoms with van der Waals surface area (Å²) in [7, 11) is 0. The zero-order valence-corrected chi connectivity index (χ0v) is 16.6. The summed E-state index contributed by atoms with van der Waals surface area (Å²) in [5.41, 5.74) is 3.60. The molecule has 0 radical (unpaired) electrons. The molecule has 0 atom stereocenters. The molecule has 144 valence electrons. The van der Waals surface area contributed by atoms with Crippen LogP contribution in [0.1, 0.15) is 17.3 Å². The van der Waals surface area contributed by atoms with Crippen LogP contribution in [0, 0.1) is 0 Å². The second-order valence-electron chi connectivity index (χ2n) is 6.49. The Morgan fingerprint density at radius 1 is 1.00 bits per heavy atom. The Bertz CT molecular complexity index is 1170. The molecule has 0 aliphatic rings. The monoisotopic (exact) mass is 402 g/mol. The van der Waals surface area contributed by atoms with E-state index in [9.17, 15) is 4.79 Å². The highest BCUT2D eigenvalue weighted by Crippen LogP contribution is 2.27. The molecule has 0 saturated carbocycles. The number of nitrogens with one attached hydrogen (secondary N) is 1. The molecule has 4 nitrogen and oxygen atoms in total. The van der Waals surface area contributed by atoms with E-state index in [0.29, 0.717) is 22.9 Å². The van der Waals surface area contributed by atoms with Gasteiger partial charge in [-0.1, -0.05) is 35.9 Å². The van der Waals surface area contributed by atoms with Gasteiger partial charge in [0.2, 0.25) is 0 Å². The first-order valence-electron chi connectivity index (χ1n) is 9.34. The lowest BCUT2D eigenvalue weighted by molar-refractivity contribution is 0.102. The lowest BCUT2D eigenvalue weighted by atomic mass is 10.0. The minimum absolute atomic E-state index is 0.210. The molecule has 0 aliphatic heterocycles. The first kappa shape index (κ1) is 19.0.